The fourth-order valence-corrected chi connectivity index (χ4v) is 10.8. The summed E-state index contributed by atoms with van der Waals surface area (Å²) >= 11 is 6.33. The average molecular weight is 609 g/mol. The minimum absolute atomic E-state index is 0.0608. The van der Waals surface area contributed by atoms with Crippen LogP contribution >= 0.6 is 11.6 Å². The van der Waals surface area contributed by atoms with Crippen LogP contribution in [0, 0.1) is 12.3 Å². The summed E-state index contributed by atoms with van der Waals surface area (Å²) in [6, 6.07) is 9.01. The lowest BCUT2D eigenvalue weighted by Gasteiger charge is -2.47. The summed E-state index contributed by atoms with van der Waals surface area (Å²) in [5, 5.41) is 0.234. The molecule has 8 nitrogen and oxygen atoms in total. The monoisotopic (exact) mass is 608 g/mol. The van der Waals surface area contributed by atoms with Crippen LogP contribution in [0.3, 0.4) is 0 Å². The quantitative estimate of drug-likeness (QED) is 0.415. The summed E-state index contributed by atoms with van der Waals surface area (Å²) in [5.74, 6) is 0.0608. The molecule has 5 rings (SSSR count). The van der Waals surface area contributed by atoms with Crippen LogP contribution in [-0.2, 0) is 20.0 Å². The molecule has 1 aromatic heterocycles. The molecule has 4 heterocycles. The van der Waals surface area contributed by atoms with Gasteiger partial charge in [-0.1, -0.05) is 30.2 Å². The van der Waals surface area contributed by atoms with E-state index < -0.39 is 20.0 Å². The maximum Gasteiger partial charge on any atom is 0.245 e. The zero-order valence-electron chi connectivity index (χ0n) is 23.3. The molecule has 3 saturated heterocycles. The number of rotatable bonds is 8. The first-order chi connectivity index (χ1) is 19.1. The molecule has 1 unspecified atom stereocenters. The summed E-state index contributed by atoms with van der Waals surface area (Å²) in [5.41, 5.74) is 2.06. The average Bonchev–Trinajstić information content (AvgIpc) is 2.94. The summed E-state index contributed by atoms with van der Waals surface area (Å²) in [6.45, 7) is 5.34. The number of halogens is 1. The minimum atomic E-state index is -3.76. The van der Waals surface area contributed by atoms with E-state index in [1.807, 2.05) is 24.5 Å². The van der Waals surface area contributed by atoms with Gasteiger partial charge in [-0.3, -0.25) is 4.98 Å². The van der Waals surface area contributed by atoms with E-state index in [0.717, 1.165) is 58.0 Å². The Morgan fingerprint density at radius 3 is 2.27 bits per heavy atom. The maximum atomic E-state index is 13.6. The van der Waals surface area contributed by atoms with Gasteiger partial charge in [0.2, 0.25) is 20.0 Å². The van der Waals surface area contributed by atoms with Crippen LogP contribution in [0.5, 0.6) is 0 Å². The largest absolute Gasteiger partial charge is 0.371 e. The second kappa shape index (κ2) is 12.3. The third kappa shape index (κ3) is 6.36. The Kier molecular flexibility index (Phi) is 9.12. The Morgan fingerprint density at radius 1 is 0.925 bits per heavy atom. The lowest BCUT2D eigenvalue weighted by molar-refractivity contribution is 0.119. The molecule has 1 aromatic carbocycles. The van der Waals surface area contributed by atoms with Crippen molar-refractivity contribution in [3.8, 4) is 0 Å². The number of benzene rings is 1. The molecule has 40 heavy (non-hydrogen) atoms. The topological polar surface area (TPSA) is 90.9 Å². The molecule has 3 fully saturated rings. The van der Waals surface area contributed by atoms with Gasteiger partial charge < -0.3 is 4.90 Å². The first-order valence-corrected chi connectivity index (χ1v) is 17.9. The SMILES string of the molecule is Cc1cccc(Cl)c1S(=O)(=O)N1CCCCC1CCCS(=O)(=O)N1CCC2(CCN(c3ccncc3)CC2)CC1. The van der Waals surface area contributed by atoms with Crippen molar-refractivity contribution in [1.82, 2.24) is 13.6 Å². The highest BCUT2D eigenvalue weighted by Crippen LogP contribution is 2.42. The van der Waals surface area contributed by atoms with Crippen molar-refractivity contribution in [3.05, 3.63) is 53.3 Å². The smallest absolute Gasteiger partial charge is 0.245 e. The lowest BCUT2D eigenvalue weighted by Crippen LogP contribution is -2.48. The normalized spacial score (nSPS) is 22.9. The highest BCUT2D eigenvalue weighted by molar-refractivity contribution is 7.89. The molecular formula is C29H41ClN4O4S2. The molecule has 0 aliphatic carbocycles. The number of piperidine rings is 3. The third-order valence-electron chi connectivity index (χ3n) is 9.27. The summed E-state index contributed by atoms with van der Waals surface area (Å²) in [7, 11) is -7.15. The fourth-order valence-electron chi connectivity index (χ4n) is 6.80. The number of anilines is 1. The van der Waals surface area contributed by atoms with Crippen LogP contribution in [0.4, 0.5) is 5.69 Å². The lowest BCUT2D eigenvalue weighted by atomic mass is 9.71. The van der Waals surface area contributed by atoms with Gasteiger partial charge in [0.15, 0.2) is 0 Å². The van der Waals surface area contributed by atoms with Crippen LogP contribution in [0.15, 0.2) is 47.6 Å². The van der Waals surface area contributed by atoms with E-state index in [-0.39, 0.29) is 27.1 Å². The molecule has 1 atom stereocenters. The van der Waals surface area contributed by atoms with Gasteiger partial charge in [0.1, 0.15) is 4.90 Å². The summed E-state index contributed by atoms with van der Waals surface area (Å²) in [6.07, 6.45) is 11.1. The van der Waals surface area contributed by atoms with Crippen molar-refractivity contribution in [2.45, 2.75) is 75.6 Å². The molecule has 0 bridgehead atoms. The Bertz CT molecular complexity index is 1350. The molecule has 0 amide bonds. The van der Waals surface area contributed by atoms with Crippen molar-refractivity contribution >= 4 is 37.3 Å². The summed E-state index contributed by atoms with van der Waals surface area (Å²) in [4.78, 5) is 6.68. The zero-order chi connectivity index (χ0) is 28.4. The second-order valence-electron chi connectivity index (χ2n) is 11.7. The molecule has 3 aliphatic heterocycles. The summed E-state index contributed by atoms with van der Waals surface area (Å²) < 4.78 is 57.0. The number of sulfonamides is 2. The highest BCUT2D eigenvalue weighted by Gasteiger charge is 2.40. The van der Waals surface area contributed by atoms with Crippen molar-refractivity contribution in [1.29, 1.82) is 0 Å². The number of pyridine rings is 1. The molecule has 11 heteroatoms. The molecule has 0 radical (unpaired) electrons. The molecule has 3 aliphatic rings. The second-order valence-corrected chi connectivity index (χ2v) is 16.0. The first-order valence-electron chi connectivity index (χ1n) is 14.5. The van der Waals surface area contributed by atoms with Crippen molar-refractivity contribution < 1.29 is 16.8 Å². The van der Waals surface area contributed by atoms with Crippen LogP contribution in [0.25, 0.3) is 0 Å². The van der Waals surface area contributed by atoms with Gasteiger partial charge in [-0.2, -0.15) is 4.31 Å². The Balaban J connectivity index is 1.14. The van der Waals surface area contributed by atoms with Crippen LogP contribution in [0.1, 0.15) is 63.4 Å². The van der Waals surface area contributed by atoms with Gasteiger partial charge in [0.05, 0.1) is 10.8 Å². The van der Waals surface area contributed by atoms with E-state index in [4.69, 9.17) is 11.6 Å². The van der Waals surface area contributed by atoms with Gasteiger partial charge in [-0.25, -0.2) is 21.1 Å². The Hall–Kier alpha value is -1.72. The molecule has 1 spiro atoms. The van der Waals surface area contributed by atoms with Crippen molar-refractivity contribution in [2.75, 3.05) is 43.4 Å². The van der Waals surface area contributed by atoms with Gasteiger partial charge >= 0.3 is 0 Å². The highest BCUT2D eigenvalue weighted by atomic mass is 35.5. The van der Waals surface area contributed by atoms with E-state index in [0.29, 0.717) is 38.0 Å². The third-order valence-corrected chi connectivity index (χ3v) is 13.8. The van der Waals surface area contributed by atoms with E-state index in [2.05, 4.69) is 9.88 Å². The first kappa shape index (κ1) is 29.8. The molecule has 2 aromatic rings. The maximum absolute atomic E-state index is 13.6. The van der Waals surface area contributed by atoms with Crippen molar-refractivity contribution in [3.63, 3.8) is 0 Å². The molecule has 220 valence electrons. The predicted molar refractivity (Wildman–Crippen MR) is 160 cm³/mol. The van der Waals surface area contributed by atoms with Crippen molar-refractivity contribution in [2.24, 2.45) is 5.41 Å². The number of aryl methyl sites for hydroxylation is 1. The van der Waals surface area contributed by atoms with Gasteiger partial charge in [-0.05, 0) is 87.5 Å². The van der Waals surface area contributed by atoms with Crippen LogP contribution < -0.4 is 4.90 Å². The van der Waals surface area contributed by atoms with Crippen LogP contribution in [0.2, 0.25) is 5.02 Å². The van der Waals surface area contributed by atoms with E-state index >= 15 is 0 Å². The van der Waals surface area contributed by atoms with E-state index in [9.17, 15) is 16.8 Å². The standard InChI is InChI=1S/C29H41ClN4O4S2/c1-24-6-4-9-27(30)28(24)40(37,38)34-18-3-2-7-26(34)8-5-23-39(35,36)33-21-14-29(15-22-33)12-19-32(20-13-29)25-10-16-31-17-11-25/h4,6,9-11,16-17,26H,2-3,5,7-8,12-15,18-23H2,1H3. The predicted octanol–water partition coefficient (Wildman–Crippen LogP) is 5.08. The Morgan fingerprint density at radius 2 is 1.60 bits per heavy atom. The number of hydrogen-bond donors (Lipinski definition) is 0. The van der Waals surface area contributed by atoms with E-state index in [1.54, 1.807) is 33.7 Å². The molecular weight excluding hydrogens is 568 g/mol. The number of aromatic nitrogens is 1. The van der Waals surface area contributed by atoms with E-state index in [1.165, 1.54) is 5.69 Å². The Labute approximate surface area is 244 Å². The van der Waals surface area contributed by atoms with Gasteiger partial charge in [-0.15, -0.1) is 0 Å². The molecule has 0 saturated carbocycles. The molecule has 0 N–H and O–H groups in total. The van der Waals surface area contributed by atoms with Gasteiger partial charge in [0.25, 0.3) is 0 Å². The fraction of sp³-hybridized carbons (Fsp3) is 0.621. The van der Waals surface area contributed by atoms with Gasteiger partial charge in [0, 0.05) is 56.8 Å². The van der Waals surface area contributed by atoms with Crippen LogP contribution in [-0.4, -0.2) is 74.9 Å². The minimum Gasteiger partial charge on any atom is -0.371 e. The zero-order valence-corrected chi connectivity index (χ0v) is 25.7. The number of nitrogens with zero attached hydrogens (tertiary/aromatic N) is 4. The number of hydrogen-bond acceptors (Lipinski definition) is 6.